The molecule has 0 aliphatic heterocycles. The summed E-state index contributed by atoms with van der Waals surface area (Å²) in [7, 11) is -2.15. The van der Waals surface area contributed by atoms with Crippen molar-refractivity contribution in [3.05, 3.63) is 53.1 Å². The Morgan fingerprint density at radius 3 is 2.25 bits per heavy atom. The number of hydrogen-bond donors (Lipinski definition) is 1. The minimum absolute atomic E-state index is 0.111. The van der Waals surface area contributed by atoms with Crippen LogP contribution in [-0.4, -0.2) is 15.5 Å². The number of halogens is 1. The second-order valence-electron chi connectivity index (χ2n) is 4.49. The molecule has 6 heteroatoms. The first-order valence-electron chi connectivity index (χ1n) is 5.93. The quantitative estimate of drug-likeness (QED) is 0.886. The summed E-state index contributed by atoms with van der Waals surface area (Å²) in [5, 5.41) is 0.225. The number of aryl methyl sites for hydroxylation is 1. The van der Waals surface area contributed by atoms with Crippen molar-refractivity contribution in [1.82, 2.24) is 0 Å². The molecule has 0 bridgehead atoms. The maximum absolute atomic E-state index is 12.5. The fraction of sp³-hybridized carbons (Fsp3) is 0.143. The largest absolute Gasteiger partial charge is 0.398 e. The van der Waals surface area contributed by atoms with Gasteiger partial charge in [-0.1, -0.05) is 29.3 Å². The van der Waals surface area contributed by atoms with Crippen molar-refractivity contribution < 1.29 is 8.42 Å². The second kappa shape index (κ2) is 5.34. The number of anilines is 2. The lowest BCUT2D eigenvalue weighted by atomic mass is 10.2. The third-order valence-electron chi connectivity index (χ3n) is 3.03. The van der Waals surface area contributed by atoms with Crippen molar-refractivity contribution in [3.63, 3.8) is 0 Å². The highest BCUT2D eigenvalue weighted by Gasteiger charge is 2.21. The van der Waals surface area contributed by atoms with Gasteiger partial charge in [0.05, 0.1) is 21.3 Å². The van der Waals surface area contributed by atoms with Gasteiger partial charge in [-0.2, -0.15) is 0 Å². The van der Waals surface area contributed by atoms with Crippen molar-refractivity contribution in [3.8, 4) is 0 Å². The first kappa shape index (κ1) is 14.7. The molecule has 4 nitrogen and oxygen atoms in total. The molecule has 0 spiro atoms. The maximum atomic E-state index is 12.5. The van der Waals surface area contributed by atoms with E-state index in [0.29, 0.717) is 11.4 Å². The topological polar surface area (TPSA) is 63.4 Å². The Balaban J connectivity index is 2.43. The predicted molar refractivity (Wildman–Crippen MR) is 82.6 cm³/mol. The van der Waals surface area contributed by atoms with Gasteiger partial charge in [-0.15, -0.1) is 0 Å². The molecule has 0 amide bonds. The fourth-order valence-electron chi connectivity index (χ4n) is 1.72. The van der Waals surface area contributed by atoms with Gasteiger partial charge in [-0.05, 0) is 37.3 Å². The molecule has 20 heavy (non-hydrogen) atoms. The van der Waals surface area contributed by atoms with Gasteiger partial charge < -0.3 is 5.73 Å². The SMILES string of the molecule is Cc1ccc(N(C)S(=O)(=O)c2ccc(N)c(Cl)c2)cc1. The molecule has 0 radical (unpaired) electrons. The number of hydrogen-bond acceptors (Lipinski definition) is 3. The van der Waals surface area contributed by atoms with Crippen LogP contribution < -0.4 is 10.0 Å². The van der Waals surface area contributed by atoms with E-state index in [1.165, 1.54) is 29.6 Å². The lowest BCUT2D eigenvalue weighted by Crippen LogP contribution is -2.26. The Labute approximate surface area is 123 Å². The zero-order valence-corrected chi connectivity index (χ0v) is 12.7. The molecular weight excluding hydrogens is 296 g/mol. The summed E-state index contributed by atoms with van der Waals surface area (Å²) in [6, 6.07) is 11.5. The summed E-state index contributed by atoms with van der Waals surface area (Å²) in [6.45, 7) is 1.94. The van der Waals surface area contributed by atoms with Crippen LogP contribution in [0.5, 0.6) is 0 Å². The van der Waals surface area contributed by atoms with Gasteiger partial charge in [-0.25, -0.2) is 8.42 Å². The van der Waals surface area contributed by atoms with Crippen molar-refractivity contribution in [1.29, 1.82) is 0 Å². The Kier molecular flexibility index (Phi) is 3.92. The van der Waals surface area contributed by atoms with Gasteiger partial charge in [0.2, 0.25) is 0 Å². The summed E-state index contributed by atoms with van der Waals surface area (Å²) in [5.74, 6) is 0. The van der Waals surface area contributed by atoms with Crippen molar-refractivity contribution in [2.75, 3.05) is 17.1 Å². The molecule has 0 aliphatic carbocycles. The molecule has 0 unspecified atom stereocenters. The summed E-state index contributed by atoms with van der Waals surface area (Å²) < 4.78 is 26.2. The van der Waals surface area contributed by atoms with Crippen LogP contribution in [0.15, 0.2) is 47.4 Å². The molecule has 106 valence electrons. The Bertz CT molecular complexity index is 727. The van der Waals surface area contributed by atoms with E-state index in [9.17, 15) is 8.42 Å². The van der Waals surface area contributed by atoms with E-state index in [1.807, 2.05) is 19.1 Å². The van der Waals surface area contributed by atoms with Crippen LogP contribution in [0, 0.1) is 6.92 Å². The number of nitrogens with zero attached hydrogens (tertiary/aromatic N) is 1. The van der Waals surface area contributed by atoms with Crippen molar-refractivity contribution in [2.24, 2.45) is 0 Å². The van der Waals surface area contributed by atoms with E-state index in [0.717, 1.165) is 5.56 Å². The van der Waals surface area contributed by atoms with E-state index >= 15 is 0 Å². The Morgan fingerprint density at radius 2 is 1.70 bits per heavy atom. The molecule has 2 aromatic carbocycles. The molecule has 2 N–H and O–H groups in total. The number of sulfonamides is 1. The molecule has 0 aliphatic rings. The minimum atomic E-state index is -3.65. The highest BCUT2D eigenvalue weighted by molar-refractivity contribution is 7.92. The molecule has 0 heterocycles. The van der Waals surface area contributed by atoms with Crippen LogP contribution in [0.3, 0.4) is 0 Å². The average molecular weight is 311 g/mol. The molecule has 2 rings (SSSR count). The lowest BCUT2D eigenvalue weighted by molar-refractivity contribution is 0.594. The first-order chi connectivity index (χ1) is 9.32. The highest BCUT2D eigenvalue weighted by atomic mass is 35.5. The molecule has 0 fully saturated rings. The zero-order valence-electron chi connectivity index (χ0n) is 11.2. The van der Waals surface area contributed by atoms with Crippen molar-refractivity contribution >= 4 is 33.0 Å². The van der Waals surface area contributed by atoms with Gasteiger partial charge in [0, 0.05) is 7.05 Å². The molecule has 0 aromatic heterocycles. The van der Waals surface area contributed by atoms with Gasteiger partial charge >= 0.3 is 0 Å². The smallest absolute Gasteiger partial charge is 0.264 e. The number of rotatable bonds is 3. The number of nitrogen functional groups attached to an aromatic ring is 1. The molecule has 0 atom stereocenters. The van der Waals surface area contributed by atoms with Gasteiger partial charge in [-0.3, -0.25) is 4.31 Å². The maximum Gasteiger partial charge on any atom is 0.264 e. The van der Waals surface area contributed by atoms with Crippen LogP contribution in [0.1, 0.15) is 5.56 Å². The third-order valence-corrected chi connectivity index (χ3v) is 5.14. The first-order valence-corrected chi connectivity index (χ1v) is 7.75. The third kappa shape index (κ3) is 2.73. The number of nitrogens with two attached hydrogens (primary N) is 1. The van der Waals surface area contributed by atoms with Gasteiger partial charge in [0.1, 0.15) is 0 Å². The highest BCUT2D eigenvalue weighted by Crippen LogP contribution is 2.26. The van der Waals surface area contributed by atoms with Crippen LogP contribution >= 0.6 is 11.6 Å². The Hall–Kier alpha value is -1.72. The Morgan fingerprint density at radius 1 is 1.10 bits per heavy atom. The van der Waals surface area contributed by atoms with Gasteiger partial charge in [0.15, 0.2) is 0 Å². The molecule has 0 saturated carbocycles. The van der Waals surface area contributed by atoms with Crippen LogP contribution in [0.4, 0.5) is 11.4 Å². The second-order valence-corrected chi connectivity index (χ2v) is 6.87. The summed E-state index contributed by atoms with van der Waals surface area (Å²) in [6.07, 6.45) is 0. The lowest BCUT2D eigenvalue weighted by Gasteiger charge is -2.20. The number of benzene rings is 2. The minimum Gasteiger partial charge on any atom is -0.398 e. The molecule has 0 saturated heterocycles. The summed E-state index contributed by atoms with van der Waals surface area (Å²) >= 11 is 5.88. The standard InChI is InChI=1S/C14H15ClN2O2S/c1-10-3-5-11(6-4-10)17(2)20(18,19)12-7-8-14(16)13(15)9-12/h3-9H,16H2,1-2H3. The van der Waals surface area contributed by atoms with E-state index in [1.54, 1.807) is 12.1 Å². The fourth-order valence-corrected chi connectivity index (χ4v) is 3.19. The monoisotopic (exact) mass is 310 g/mol. The zero-order chi connectivity index (χ0) is 14.9. The average Bonchev–Trinajstić information content (AvgIpc) is 2.41. The van der Waals surface area contributed by atoms with E-state index in [2.05, 4.69) is 0 Å². The van der Waals surface area contributed by atoms with E-state index in [4.69, 9.17) is 17.3 Å². The predicted octanol–water partition coefficient (Wildman–Crippen LogP) is 3.06. The molecular formula is C14H15ClN2O2S. The van der Waals surface area contributed by atoms with Crippen LogP contribution in [0.2, 0.25) is 5.02 Å². The van der Waals surface area contributed by atoms with Gasteiger partial charge in [0.25, 0.3) is 10.0 Å². The molecule has 2 aromatic rings. The van der Waals surface area contributed by atoms with Crippen LogP contribution in [-0.2, 0) is 10.0 Å². The van der Waals surface area contributed by atoms with Crippen molar-refractivity contribution in [2.45, 2.75) is 11.8 Å². The summed E-state index contributed by atoms with van der Waals surface area (Å²) in [5.41, 5.74) is 7.60. The van der Waals surface area contributed by atoms with Crippen LogP contribution in [0.25, 0.3) is 0 Å². The normalized spacial score (nSPS) is 11.3. The summed E-state index contributed by atoms with van der Waals surface area (Å²) in [4.78, 5) is 0.111. The van der Waals surface area contributed by atoms with E-state index < -0.39 is 10.0 Å². The van der Waals surface area contributed by atoms with E-state index in [-0.39, 0.29) is 9.92 Å².